The van der Waals surface area contributed by atoms with Gasteiger partial charge in [0, 0.05) is 30.1 Å². The first-order valence-electron chi connectivity index (χ1n) is 7.20. The molecule has 2 rings (SSSR count). The molecule has 2 aromatic rings. The van der Waals surface area contributed by atoms with Crippen LogP contribution in [0.25, 0.3) is 0 Å². The maximum atomic E-state index is 12.1. The third-order valence-electron chi connectivity index (χ3n) is 3.20. The van der Waals surface area contributed by atoms with Crippen molar-refractivity contribution in [2.75, 3.05) is 12.4 Å². The summed E-state index contributed by atoms with van der Waals surface area (Å²) in [5, 5.41) is 24.0. The van der Waals surface area contributed by atoms with Gasteiger partial charge in [-0.15, -0.1) is 0 Å². The zero-order valence-corrected chi connectivity index (χ0v) is 13.1. The standard InChI is InChI=1S/C18H17N3O3/c1-24-17-8-3-2-5-13(17)11-20-12-14(10-19)18(23)21-15-6-4-7-16(22)9-15/h2-9,12,20,22H,11H2,1H3,(H,21,23)/b14-12-. The van der Waals surface area contributed by atoms with Crippen LogP contribution >= 0.6 is 0 Å². The molecule has 0 atom stereocenters. The molecular weight excluding hydrogens is 306 g/mol. The number of hydrogen-bond donors (Lipinski definition) is 3. The van der Waals surface area contributed by atoms with Crippen molar-refractivity contribution in [3.8, 4) is 17.6 Å². The summed E-state index contributed by atoms with van der Waals surface area (Å²) in [6.45, 7) is 0.411. The average molecular weight is 323 g/mol. The van der Waals surface area contributed by atoms with E-state index in [0.29, 0.717) is 12.2 Å². The molecule has 0 aromatic heterocycles. The molecule has 24 heavy (non-hydrogen) atoms. The van der Waals surface area contributed by atoms with Crippen molar-refractivity contribution in [2.45, 2.75) is 6.54 Å². The topological polar surface area (TPSA) is 94.4 Å². The average Bonchev–Trinajstić information content (AvgIpc) is 2.59. The van der Waals surface area contributed by atoms with Gasteiger partial charge in [0.1, 0.15) is 23.1 Å². The van der Waals surface area contributed by atoms with E-state index in [1.54, 1.807) is 19.2 Å². The Morgan fingerprint density at radius 3 is 2.79 bits per heavy atom. The van der Waals surface area contributed by atoms with E-state index in [1.807, 2.05) is 30.3 Å². The molecule has 0 saturated carbocycles. The minimum absolute atomic E-state index is 0.0320. The van der Waals surface area contributed by atoms with E-state index >= 15 is 0 Å². The third kappa shape index (κ3) is 4.52. The Hall–Kier alpha value is -3.46. The van der Waals surface area contributed by atoms with E-state index in [1.165, 1.54) is 18.3 Å². The highest BCUT2D eigenvalue weighted by molar-refractivity contribution is 6.06. The fraction of sp³-hybridized carbons (Fsp3) is 0.111. The van der Waals surface area contributed by atoms with Gasteiger partial charge in [-0.3, -0.25) is 4.79 Å². The number of carbonyl (C=O) groups is 1. The molecule has 0 radical (unpaired) electrons. The van der Waals surface area contributed by atoms with Crippen LogP contribution in [0.15, 0.2) is 60.3 Å². The van der Waals surface area contributed by atoms with Crippen molar-refractivity contribution in [3.63, 3.8) is 0 Å². The molecule has 0 saturated heterocycles. The fourth-order valence-electron chi connectivity index (χ4n) is 2.04. The molecule has 0 aliphatic heterocycles. The number of ether oxygens (including phenoxy) is 1. The van der Waals surface area contributed by atoms with Crippen molar-refractivity contribution in [3.05, 3.63) is 65.9 Å². The molecule has 0 spiro atoms. The molecule has 1 amide bonds. The number of phenols is 1. The Balaban J connectivity index is 2.01. The van der Waals surface area contributed by atoms with E-state index in [-0.39, 0.29) is 11.3 Å². The summed E-state index contributed by atoms with van der Waals surface area (Å²) < 4.78 is 5.24. The number of rotatable bonds is 6. The van der Waals surface area contributed by atoms with Crippen LogP contribution in [0, 0.1) is 11.3 Å². The van der Waals surface area contributed by atoms with Crippen molar-refractivity contribution >= 4 is 11.6 Å². The summed E-state index contributed by atoms with van der Waals surface area (Å²) in [6, 6.07) is 15.4. The number of phenolic OH excluding ortho intramolecular Hbond substituents is 1. The van der Waals surface area contributed by atoms with Crippen LogP contribution < -0.4 is 15.4 Å². The van der Waals surface area contributed by atoms with Crippen LogP contribution in [0.5, 0.6) is 11.5 Å². The maximum Gasteiger partial charge on any atom is 0.267 e. The summed E-state index contributed by atoms with van der Waals surface area (Å²) in [4.78, 5) is 12.1. The van der Waals surface area contributed by atoms with Crippen molar-refractivity contribution in [1.82, 2.24) is 5.32 Å². The fourth-order valence-corrected chi connectivity index (χ4v) is 2.04. The highest BCUT2D eigenvalue weighted by atomic mass is 16.5. The van der Waals surface area contributed by atoms with E-state index in [9.17, 15) is 9.90 Å². The molecule has 0 bridgehead atoms. The Morgan fingerprint density at radius 1 is 1.29 bits per heavy atom. The summed E-state index contributed by atoms with van der Waals surface area (Å²) >= 11 is 0. The van der Waals surface area contributed by atoms with Crippen LogP contribution in [0.1, 0.15) is 5.56 Å². The molecule has 0 unspecified atom stereocenters. The van der Waals surface area contributed by atoms with Gasteiger partial charge >= 0.3 is 0 Å². The number of hydrogen-bond acceptors (Lipinski definition) is 5. The lowest BCUT2D eigenvalue weighted by molar-refractivity contribution is -0.112. The van der Waals surface area contributed by atoms with Gasteiger partial charge in [-0.2, -0.15) is 5.26 Å². The minimum atomic E-state index is -0.560. The molecular formula is C18H17N3O3. The van der Waals surface area contributed by atoms with Crippen molar-refractivity contribution in [1.29, 1.82) is 5.26 Å². The largest absolute Gasteiger partial charge is 0.508 e. The second kappa shape index (κ2) is 8.25. The zero-order valence-electron chi connectivity index (χ0n) is 13.1. The molecule has 2 aromatic carbocycles. The quantitative estimate of drug-likeness (QED) is 0.561. The number of benzene rings is 2. The predicted molar refractivity (Wildman–Crippen MR) is 90.3 cm³/mol. The first-order valence-corrected chi connectivity index (χ1v) is 7.20. The SMILES string of the molecule is COc1ccccc1CN/C=C(/C#N)C(=O)Nc1cccc(O)c1. The first-order chi connectivity index (χ1) is 11.6. The highest BCUT2D eigenvalue weighted by Gasteiger charge is 2.09. The number of anilines is 1. The third-order valence-corrected chi connectivity index (χ3v) is 3.20. The first kappa shape index (κ1) is 16.9. The van der Waals surface area contributed by atoms with Gasteiger partial charge in [-0.25, -0.2) is 0 Å². The van der Waals surface area contributed by atoms with Gasteiger partial charge in [0.05, 0.1) is 7.11 Å². The van der Waals surface area contributed by atoms with Gasteiger partial charge in [0.15, 0.2) is 0 Å². The summed E-state index contributed by atoms with van der Waals surface area (Å²) in [5.74, 6) is 0.196. The number of nitrogens with one attached hydrogen (secondary N) is 2. The number of para-hydroxylation sites is 1. The molecule has 122 valence electrons. The summed E-state index contributed by atoms with van der Waals surface area (Å²) in [6.07, 6.45) is 1.35. The lowest BCUT2D eigenvalue weighted by Crippen LogP contribution is -2.16. The second-order valence-corrected chi connectivity index (χ2v) is 4.87. The summed E-state index contributed by atoms with van der Waals surface area (Å²) in [5.41, 5.74) is 1.24. The molecule has 0 aliphatic rings. The molecule has 3 N–H and O–H groups in total. The normalized spacial score (nSPS) is 10.6. The highest BCUT2D eigenvalue weighted by Crippen LogP contribution is 2.17. The smallest absolute Gasteiger partial charge is 0.267 e. The van der Waals surface area contributed by atoms with Crippen LogP contribution in [-0.2, 0) is 11.3 Å². The zero-order chi connectivity index (χ0) is 17.4. The molecule has 6 nitrogen and oxygen atoms in total. The Morgan fingerprint density at radius 2 is 2.08 bits per heavy atom. The number of nitrogens with zero attached hydrogens (tertiary/aromatic N) is 1. The number of methoxy groups -OCH3 is 1. The van der Waals surface area contributed by atoms with E-state index in [0.717, 1.165) is 11.3 Å². The lowest BCUT2D eigenvalue weighted by Gasteiger charge is -2.08. The monoisotopic (exact) mass is 323 g/mol. The van der Waals surface area contributed by atoms with Gasteiger partial charge in [-0.05, 0) is 18.2 Å². The van der Waals surface area contributed by atoms with E-state index in [2.05, 4.69) is 10.6 Å². The number of nitriles is 1. The van der Waals surface area contributed by atoms with E-state index in [4.69, 9.17) is 10.00 Å². The Bertz CT molecular complexity index is 794. The Labute approximate surface area is 140 Å². The van der Waals surface area contributed by atoms with Crippen LogP contribution in [0.3, 0.4) is 0 Å². The molecule has 0 aliphatic carbocycles. The van der Waals surface area contributed by atoms with Crippen LogP contribution in [-0.4, -0.2) is 18.1 Å². The number of aromatic hydroxyl groups is 1. The maximum absolute atomic E-state index is 12.1. The van der Waals surface area contributed by atoms with Crippen molar-refractivity contribution in [2.24, 2.45) is 0 Å². The van der Waals surface area contributed by atoms with Gasteiger partial charge in [0.2, 0.25) is 0 Å². The number of carbonyl (C=O) groups excluding carboxylic acids is 1. The summed E-state index contributed by atoms with van der Waals surface area (Å²) in [7, 11) is 1.58. The minimum Gasteiger partial charge on any atom is -0.508 e. The predicted octanol–water partition coefficient (Wildman–Crippen LogP) is 2.54. The van der Waals surface area contributed by atoms with E-state index < -0.39 is 5.91 Å². The Kier molecular flexibility index (Phi) is 5.81. The second-order valence-electron chi connectivity index (χ2n) is 4.87. The molecule has 0 heterocycles. The number of amides is 1. The molecule has 6 heteroatoms. The van der Waals surface area contributed by atoms with Gasteiger partial charge in [0.25, 0.3) is 5.91 Å². The van der Waals surface area contributed by atoms with Crippen molar-refractivity contribution < 1.29 is 14.6 Å². The van der Waals surface area contributed by atoms with Crippen LogP contribution in [0.4, 0.5) is 5.69 Å². The van der Waals surface area contributed by atoms with Crippen LogP contribution in [0.2, 0.25) is 0 Å². The van der Waals surface area contributed by atoms with Gasteiger partial charge in [-0.1, -0.05) is 24.3 Å². The molecule has 0 fully saturated rings. The lowest BCUT2D eigenvalue weighted by atomic mass is 10.2. The van der Waals surface area contributed by atoms with Gasteiger partial charge < -0.3 is 20.5 Å².